The standard InChI is InChI=1S/C16H26N2O3S/c1-5-8-13(4)17-16(19)14-9-11-15(12-10-14)22(20,21)18(6-2)7-3/h9-13H,5-8H2,1-4H3,(H,17,19)/t13-/m1/s1. The van der Waals surface area contributed by atoms with E-state index in [9.17, 15) is 13.2 Å². The summed E-state index contributed by atoms with van der Waals surface area (Å²) in [4.78, 5) is 12.3. The topological polar surface area (TPSA) is 66.5 Å². The highest BCUT2D eigenvalue weighted by molar-refractivity contribution is 7.89. The van der Waals surface area contributed by atoms with Gasteiger partial charge >= 0.3 is 0 Å². The molecule has 22 heavy (non-hydrogen) atoms. The predicted octanol–water partition coefficient (Wildman–Crippen LogP) is 2.64. The van der Waals surface area contributed by atoms with Gasteiger partial charge in [0.05, 0.1) is 4.90 Å². The fourth-order valence-corrected chi connectivity index (χ4v) is 3.76. The molecule has 0 aliphatic rings. The summed E-state index contributed by atoms with van der Waals surface area (Å²) in [6.07, 6.45) is 1.92. The first-order valence-corrected chi connectivity index (χ1v) is 9.21. The van der Waals surface area contributed by atoms with E-state index in [0.717, 1.165) is 12.8 Å². The fraction of sp³-hybridized carbons (Fsp3) is 0.562. The quantitative estimate of drug-likeness (QED) is 0.798. The van der Waals surface area contributed by atoms with Crippen LogP contribution in [-0.4, -0.2) is 37.8 Å². The smallest absolute Gasteiger partial charge is 0.251 e. The van der Waals surface area contributed by atoms with Gasteiger partial charge < -0.3 is 5.32 Å². The highest BCUT2D eigenvalue weighted by Gasteiger charge is 2.21. The summed E-state index contributed by atoms with van der Waals surface area (Å²) < 4.78 is 26.1. The molecule has 1 atom stereocenters. The Morgan fingerprint density at radius 3 is 2.14 bits per heavy atom. The van der Waals surface area contributed by atoms with E-state index in [0.29, 0.717) is 18.7 Å². The molecule has 0 aromatic heterocycles. The fourth-order valence-electron chi connectivity index (χ4n) is 2.30. The molecule has 0 aliphatic heterocycles. The van der Waals surface area contributed by atoms with Gasteiger partial charge in [0.2, 0.25) is 10.0 Å². The van der Waals surface area contributed by atoms with Gasteiger partial charge in [0.15, 0.2) is 0 Å². The first kappa shape index (κ1) is 18.6. The summed E-state index contributed by atoms with van der Waals surface area (Å²) in [5.41, 5.74) is 0.474. The van der Waals surface area contributed by atoms with Gasteiger partial charge in [0, 0.05) is 24.7 Å². The van der Waals surface area contributed by atoms with Crippen molar-refractivity contribution in [2.75, 3.05) is 13.1 Å². The molecule has 5 nitrogen and oxygen atoms in total. The third-order valence-electron chi connectivity index (χ3n) is 3.56. The maximum absolute atomic E-state index is 12.4. The number of nitrogens with one attached hydrogen (secondary N) is 1. The van der Waals surface area contributed by atoms with Gasteiger partial charge in [-0.2, -0.15) is 4.31 Å². The predicted molar refractivity (Wildman–Crippen MR) is 88.4 cm³/mol. The van der Waals surface area contributed by atoms with Crippen LogP contribution in [-0.2, 0) is 10.0 Å². The van der Waals surface area contributed by atoms with Crippen molar-refractivity contribution in [3.63, 3.8) is 0 Å². The van der Waals surface area contributed by atoms with E-state index in [4.69, 9.17) is 0 Å². The van der Waals surface area contributed by atoms with E-state index in [1.165, 1.54) is 16.4 Å². The van der Waals surface area contributed by atoms with Crippen LogP contribution in [0.1, 0.15) is 50.9 Å². The van der Waals surface area contributed by atoms with Crippen molar-refractivity contribution in [2.24, 2.45) is 0 Å². The van der Waals surface area contributed by atoms with Crippen LogP contribution >= 0.6 is 0 Å². The van der Waals surface area contributed by atoms with Crippen molar-refractivity contribution >= 4 is 15.9 Å². The van der Waals surface area contributed by atoms with Gasteiger partial charge in [-0.3, -0.25) is 4.79 Å². The Labute approximate surface area is 133 Å². The third kappa shape index (κ3) is 4.55. The lowest BCUT2D eigenvalue weighted by Gasteiger charge is -2.18. The molecule has 6 heteroatoms. The number of rotatable bonds is 8. The van der Waals surface area contributed by atoms with Crippen LogP contribution in [0.3, 0.4) is 0 Å². The lowest BCUT2D eigenvalue weighted by Crippen LogP contribution is -2.32. The van der Waals surface area contributed by atoms with Crippen LogP contribution in [0, 0.1) is 0 Å². The Balaban J connectivity index is 2.89. The molecular formula is C16H26N2O3S. The minimum Gasteiger partial charge on any atom is -0.350 e. The first-order valence-electron chi connectivity index (χ1n) is 7.77. The zero-order chi connectivity index (χ0) is 16.8. The van der Waals surface area contributed by atoms with Crippen molar-refractivity contribution in [1.29, 1.82) is 0 Å². The molecule has 0 bridgehead atoms. The zero-order valence-electron chi connectivity index (χ0n) is 13.8. The van der Waals surface area contributed by atoms with Gasteiger partial charge in [-0.1, -0.05) is 27.2 Å². The molecule has 0 unspecified atom stereocenters. The van der Waals surface area contributed by atoms with Crippen LogP contribution in [0.5, 0.6) is 0 Å². The monoisotopic (exact) mass is 326 g/mol. The van der Waals surface area contributed by atoms with Gasteiger partial charge in [-0.05, 0) is 37.6 Å². The van der Waals surface area contributed by atoms with Crippen molar-refractivity contribution < 1.29 is 13.2 Å². The summed E-state index contributed by atoms with van der Waals surface area (Å²) in [6.45, 7) is 8.48. The Kier molecular flexibility index (Phi) is 7.03. The Morgan fingerprint density at radius 2 is 1.68 bits per heavy atom. The van der Waals surface area contributed by atoms with Crippen molar-refractivity contribution in [3.8, 4) is 0 Å². The van der Waals surface area contributed by atoms with E-state index in [1.54, 1.807) is 26.0 Å². The van der Waals surface area contributed by atoms with E-state index in [-0.39, 0.29) is 16.8 Å². The van der Waals surface area contributed by atoms with Crippen LogP contribution in [0.15, 0.2) is 29.2 Å². The third-order valence-corrected chi connectivity index (χ3v) is 5.62. The number of carbonyl (C=O) groups is 1. The van der Waals surface area contributed by atoms with Gasteiger partial charge in [0.1, 0.15) is 0 Å². The summed E-state index contributed by atoms with van der Waals surface area (Å²) in [5, 5.41) is 2.90. The number of sulfonamides is 1. The second-order valence-electron chi connectivity index (χ2n) is 5.28. The van der Waals surface area contributed by atoms with E-state index >= 15 is 0 Å². The lowest BCUT2D eigenvalue weighted by molar-refractivity contribution is 0.0938. The molecule has 1 rings (SSSR count). The molecule has 0 heterocycles. The molecule has 0 fully saturated rings. The zero-order valence-corrected chi connectivity index (χ0v) is 14.6. The lowest BCUT2D eigenvalue weighted by atomic mass is 10.1. The SMILES string of the molecule is CCC[C@@H](C)NC(=O)c1ccc(S(=O)(=O)N(CC)CC)cc1. The van der Waals surface area contributed by atoms with E-state index in [1.807, 2.05) is 6.92 Å². The summed E-state index contributed by atoms with van der Waals surface area (Å²) >= 11 is 0. The molecule has 0 saturated heterocycles. The second kappa shape index (κ2) is 8.29. The molecule has 124 valence electrons. The summed E-state index contributed by atoms with van der Waals surface area (Å²) in [6, 6.07) is 6.21. The van der Waals surface area contributed by atoms with Gasteiger partial charge in [0.25, 0.3) is 5.91 Å². The molecule has 1 N–H and O–H groups in total. The van der Waals surface area contributed by atoms with E-state index < -0.39 is 10.0 Å². The maximum Gasteiger partial charge on any atom is 0.251 e. The van der Waals surface area contributed by atoms with E-state index in [2.05, 4.69) is 12.2 Å². The first-order chi connectivity index (χ1) is 10.4. The normalized spacial score (nSPS) is 13.1. The molecule has 0 aliphatic carbocycles. The van der Waals surface area contributed by atoms with Gasteiger partial charge in [-0.15, -0.1) is 0 Å². The van der Waals surface area contributed by atoms with Crippen molar-refractivity contribution in [1.82, 2.24) is 9.62 Å². The number of nitrogens with zero attached hydrogens (tertiary/aromatic N) is 1. The minimum atomic E-state index is -3.47. The minimum absolute atomic E-state index is 0.108. The molecule has 0 saturated carbocycles. The summed E-state index contributed by atoms with van der Waals surface area (Å²) in [5.74, 6) is -0.173. The number of hydrogen-bond donors (Lipinski definition) is 1. The van der Waals surface area contributed by atoms with Crippen LogP contribution < -0.4 is 5.32 Å². The average Bonchev–Trinajstić information content (AvgIpc) is 2.48. The molecule has 0 spiro atoms. The molecule has 1 aromatic rings. The van der Waals surface area contributed by atoms with Crippen LogP contribution in [0.4, 0.5) is 0 Å². The summed E-state index contributed by atoms with van der Waals surface area (Å²) in [7, 11) is -3.47. The Bertz CT molecular complexity index is 578. The maximum atomic E-state index is 12.4. The molecule has 1 aromatic carbocycles. The average molecular weight is 326 g/mol. The van der Waals surface area contributed by atoms with Crippen molar-refractivity contribution in [2.45, 2.75) is 51.5 Å². The highest BCUT2D eigenvalue weighted by atomic mass is 32.2. The number of amides is 1. The second-order valence-corrected chi connectivity index (χ2v) is 7.21. The number of benzene rings is 1. The van der Waals surface area contributed by atoms with Gasteiger partial charge in [-0.25, -0.2) is 8.42 Å². The van der Waals surface area contributed by atoms with Crippen LogP contribution in [0.2, 0.25) is 0 Å². The Hall–Kier alpha value is -1.40. The van der Waals surface area contributed by atoms with Crippen molar-refractivity contribution in [3.05, 3.63) is 29.8 Å². The molecule has 0 radical (unpaired) electrons. The number of carbonyl (C=O) groups excluding carboxylic acids is 1. The Morgan fingerprint density at radius 1 is 1.14 bits per heavy atom. The van der Waals surface area contributed by atoms with Crippen LogP contribution in [0.25, 0.3) is 0 Å². The molecule has 1 amide bonds. The highest BCUT2D eigenvalue weighted by Crippen LogP contribution is 2.16. The number of hydrogen-bond acceptors (Lipinski definition) is 3. The molecular weight excluding hydrogens is 300 g/mol. The largest absolute Gasteiger partial charge is 0.350 e.